The van der Waals surface area contributed by atoms with Crippen LogP contribution in [0.25, 0.3) is 0 Å². The summed E-state index contributed by atoms with van der Waals surface area (Å²) in [6.45, 7) is 0.118. The molecular weight excluding hydrogens is 148 g/mol. The monoisotopic (exact) mass is 162 g/mol. The summed E-state index contributed by atoms with van der Waals surface area (Å²) >= 11 is 0. The van der Waals surface area contributed by atoms with Crippen molar-refractivity contribution in [3.8, 4) is 0 Å². The van der Waals surface area contributed by atoms with Crippen LogP contribution >= 0.6 is 0 Å². The van der Waals surface area contributed by atoms with Crippen molar-refractivity contribution >= 4 is 5.97 Å². The SMILES string of the molecule is NCC(O)C[C@@H](N)CC(=O)O. The maximum atomic E-state index is 10.1. The lowest BCUT2D eigenvalue weighted by Gasteiger charge is -2.12. The molecule has 6 N–H and O–H groups in total. The van der Waals surface area contributed by atoms with Crippen LogP contribution in [0, 0.1) is 0 Å². The van der Waals surface area contributed by atoms with Crippen LogP contribution in [0.15, 0.2) is 0 Å². The van der Waals surface area contributed by atoms with E-state index < -0.39 is 18.1 Å². The topological polar surface area (TPSA) is 110 Å². The molecule has 66 valence electrons. The summed E-state index contributed by atoms with van der Waals surface area (Å²) < 4.78 is 0. The number of aliphatic hydroxyl groups excluding tert-OH is 1. The van der Waals surface area contributed by atoms with E-state index in [1.807, 2.05) is 0 Å². The Kier molecular flexibility index (Phi) is 4.76. The van der Waals surface area contributed by atoms with Gasteiger partial charge in [0, 0.05) is 12.6 Å². The van der Waals surface area contributed by atoms with Crippen molar-refractivity contribution < 1.29 is 15.0 Å². The summed E-state index contributed by atoms with van der Waals surface area (Å²) in [5.74, 6) is -0.957. The molecule has 0 rings (SSSR count). The number of aliphatic carboxylic acids is 1. The van der Waals surface area contributed by atoms with E-state index in [1.165, 1.54) is 0 Å². The Balaban J connectivity index is 3.51. The fourth-order valence-corrected chi connectivity index (χ4v) is 0.753. The highest BCUT2D eigenvalue weighted by molar-refractivity contribution is 5.67. The zero-order chi connectivity index (χ0) is 8.85. The van der Waals surface area contributed by atoms with Crippen LogP contribution in [-0.2, 0) is 4.79 Å². The second-order valence-electron chi connectivity index (χ2n) is 2.48. The molecule has 5 nitrogen and oxygen atoms in total. The van der Waals surface area contributed by atoms with E-state index >= 15 is 0 Å². The Morgan fingerprint density at radius 3 is 2.45 bits per heavy atom. The average Bonchev–Trinajstić information content (AvgIpc) is 1.85. The minimum Gasteiger partial charge on any atom is -0.481 e. The van der Waals surface area contributed by atoms with E-state index in [-0.39, 0.29) is 19.4 Å². The van der Waals surface area contributed by atoms with Gasteiger partial charge in [0.1, 0.15) is 0 Å². The normalized spacial score (nSPS) is 15.9. The van der Waals surface area contributed by atoms with Crippen LogP contribution in [0.5, 0.6) is 0 Å². The maximum absolute atomic E-state index is 10.1. The molecular formula is C6H14N2O3. The predicted octanol–water partition coefficient (Wildman–Crippen LogP) is -1.50. The maximum Gasteiger partial charge on any atom is 0.304 e. The highest BCUT2D eigenvalue weighted by Gasteiger charge is 2.11. The quantitative estimate of drug-likeness (QED) is 0.393. The van der Waals surface area contributed by atoms with Gasteiger partial charge in [-0.3, -0.25) is 4.79 Å². The van der Waals surface area contributed by atoms with Crippen molar-refractivity contribution in [3.63, 3.8) is 0 Å². The summed E-state index contributed by atoms with van der Waals surface area (Å²) in [5.41, 5.74) is 10.5. The molecule has 0 saturated heterocycles. The summed E-state index contributed by atoms with van der Waals surface area (Å²) in [7, 11) is 0. The molecule has 0 aromatic carbocycles. The van der Waals surface area contributed by atoms with Crippen LogP contribution in [0.3, 0.4) is 0 Å². The largest absolute Gasteiger partial charge is 0.481 e. The molecule has 0 spiro atoms. The molecule has 0 fully saturated rings. The number of aliphatic hydroxyl groups is 1. The third-order valence-corrected chi connectivity index (χ3v) is 1.28. The van der Waals surface area contributed by atoms with Crippen molar-refractivity contribution in [1.29, 1.82) is 0 Å². The highest BCUT2D eigenvalue weighted by Crippen LogP contribution is 1.98. The first-order valence-corrected chi connectivity index (χ1v) is 3.41. The Morgan fingerprint density at radius 2 is 2.09 bits per heavy atom. The van der Waals surface area contributed by atoms with E-state index in [0.29, 0.717) is 0 Å². The van der Waals surface area contributed by atoms with Crippen LogP contribution < -0.4 is 11.5 Å². The molecule has 0 radical (unpaired) electrons. The Bertz CT molecular complexity index is 129. The molecule has 0 aliphatic heterocycles. The molecule has 0 heterocycles. The van der Waals surface area contributed by atoms with Gasteiger partial charge < -0.3 is 21.7 Å². The number of carboxylic acids is 1. The standard InChI is InChI=1S/C6H14N2O3/c7-3-5(9)1-4(8)2-6(10)11/h4-5,9H,1-3,7-8H2,(H,10,11)/t4-,5?/m1/s1. The van der Waals surface area contributed by atoms with Gasteiger partial charge in [0.2, 0.25) is 0 Å². The summed E-state index contributed by atoms with van der Waals surface area (Å²) in [4.78, 5) is 10.1. The Labute approximate surface area is 65.0 Å². The van der Waals surface area contributed by atoms with Crippen LogP contribution in [0.1, 0.15) is 12.8 Å². The van der Waals surface area contributed by atoms with Gasteiger partial charge in [-0.15, -0.1) is 0 Å². The van der Waals surface area contributed by atoms with Gasteiger partial charge in [-0.25, -0.2) is 0 Å². The lowest BCUT2D eigenvalue weighted by molar-refractivity contribution is -0.137. The van der Waals surface area contributed by atoms with E-state index in [0.717, 1.165) is 0 Å². The van der Waals surface area contributed by atoms with Gasteiger partial charge in [-0.05, 0) is 6.42 Å². The van der Waals surface area contributed by atoms with Gasteiger partial charge in [0.25, 0.3) is 0 Å². The molecule has 0 amide bonds. The third-order valence-electron chi connectivity index (χ3n) is 1.28. The number of carboxylic acid groups (broad SMARTS) is 1. The number of nitrogens with two attached hydrogens (primary N) is 2. The predicted molar refractivity (Wildman–Crippen MR) is 39.9 cm³/mol. The summed E-state index contributed by atoms with van der Waals surface area (Å²) in [6.07, 6.45) is -0.579. The van der Waals surface area contributed by atoms with Gasteiger partial charge in [0.15, 0.2) is 0 Å². The second-order valence-corrected chi connectivity index (χ2v) is 2.48. The fraction of sp³-hybridized carbons (Fsp3) is 0.833. The zero-order valence-corrected chi connectivity index (χ0v) is 6.23. The van der Waals surface area contributed by atoms with Gasteiger partial charge in [-0.1, -0.05) is 0 Å². The van der Waals surface area contributed by atoms with E-state index in [2.05, 4.69) is 0 Å². The Hall–Kier alpha value is -0.650. The summed E-state index contributed by atoms with van der Waals surface area (Å²) in [5, 5.41) is 17.2. The first-order valence-electron chi connectivity index (χ1n) is 3.41. The second kappa shape index (κ2) is 5.06. The van der Waals surface area contributed by atoms with Crippen LogP contribution in [-0.4, -0.2) is 34.9 Å². The van der Waals surface area contributed by atoms with Crippen molar-refractivity contribution in [2.75, 3.05) is 6.54 Å². The number of carbonyl (C=O) groups is 1. The van der Waals surface area contributed by atoms with Gasteiger partial charge in [0.05, 0.1) is 12.5 Å². The molecule has 0 aliphatic carbocycles. The number of hydrogen-bond acceptors (Lipinski definition) is 4. The molecule has 0 aliphatic rings. The number of rotatable bonds is 5. The minimum absolute atomic E-state index is 0.118. The smallest absolute Gasteiger partial charge is 0.304 e. The molecule has 1 unspecified atom stereocenters. The lowest BCUT2D eigenvalue weighted by atomic mass is 10.1. The van der Waals surface area contributed by atoms with Crippen LogP contribution in [0.2, 0.25) is 0 Å². The van der Waals surface area contributed by atoms with Crippen molar-refractivity contribution in [2.45, 2.75) is 25.0 Å². The van der Waals surface area contributed by atoms with E-state index in [4.69, 9.17) is 21.7 Å². The average molecular weight is 162 g/mol. The van der Waals surface area contributed by atoms with E-state index in [1.54, 1.807) is 0 Å². The highest BCUT2D eigenvalue weighted by atomic mass is 16.4. The molecule has 5 heteroatoms. The molecule has 2 atom stereocenters. The molecule has 0 bridgehead atoms. The first-order chi connectivity index (χ1) is 5.06. The number of hydrogen-bond donors (Lipinski definition) is 4. The molecule has 0 aromatic rings. The van der Waals surface area contributed by atoms with Crippen molar-refractivity contribution in [3.05, 3.63) is 0 Å². The first kappa shape index (κ1) is 10.3. The van der Waals surface area contributed by atoms with Crippen LogP contribution in [0.4, 0.5) is 0 Å². The summed E-state index contributed by atoms with van der Waals surface area (Å²) in [6, 6.07) is -0.508. The molecule has 11 heavy (non-hydrogen) atoms. The van der Waals surface area contributed by atoms with Gasteiger partial charge >= 0.3 is 5.97 Å². The van der Waals surface area contributed by atoms with E-state index in [9.17, 15) is 4.79 Å². The zero-order valence-electron chi connectivity index (χ0n) is 6.23. The van der Waals surface area contributed by atoms with Gasteiger partial charge in [-0.2, -0.15) is 0 Å². The lowest BCUT2D eigenvalue weighted by Crippen LogP contribution is -2.32. The van der Waals surface area contributed by atoms with Crippen molar-refractivity contribution in [2.24, 2.45) is 11.5 Å². The van der Waals surface area contributed by atoms with Crippen molar-refractivity contribution in [1.82, 2.24) is 0 Å². The Morgan fingerprint density at radius 1 is 1.55 bits per heavy atom. The fourth-order valence-electron chi connectivity index (χ4n) is 0.753. The third kappa shape index (κ3) is 5.78. The minimum atomic E-state index is -0.957. The molecule has 0 aromatic heterocycles. The molecule has 0 saturated carbocycles.